The van der Waals surface area contributed by atoms with Crippen molar-refractivity contribution in [3.8, 4) is 11.5 Å². The zero-order valence-electron chi connectivity index (χ0n) is 20.9. The lowest BCUT2D eigenvalue weighted by atomic mass is 10.1. The van der Waals surface area contributed by atoms with Crippen LogP contribution in [0, 0.1) is 0 Å². The van der Waals surface area contributed by atoms with Crippen LogP contribution in [0.1, 0.15) is 39.7 Å². The maximum atomic E-state index is 13.7. The normalized spacial score (nSPS) is 14.1. The number of nitrogens with one attached hydrogen (secondary N) is 1. The van der Waals surface area contributed by atoms with Crippen molar-refractivity contribution >= 4 is 39.1 Å². The Morgan fingerprint density at radius 1 is 1.08 bits per heavy atom. The van der Waals surface area contributed by atoms with E-state index in [9.17, 15) is 18.0 Å². The fourth-order valence-electron chi connectivity index (χ4n) is 3.64. The molecule has 0 spiro atoms. The van der Waals surface area contributed by atoms with E-state index in [1.807, 2.05) is 13.8 Å². The number of anilines is 1. The Balaban J connectivity index is 1.94. The average molecular weight is 538 g/mol. The average Bonchev–Trinajstić information content (AvgIpc) is 3.33. The highest BCUT2D eigenvalue weighted by molar-refractivity contribution is 7.92. The molecule has 0 aliphatic carbocycles. The molecule has 0 aromatic heterocycles. The number of hydrogen-bond donors (Lipinski definition) is 1. The predicted octanol–water partition coefficient (Wildman–Crippen LogP) is 3.56. The van der Waals surface area contributed by atoms with E-state index in [1.165, 1.54) is 17.9 Å². The molecule has 36 heavy (non-hydrogen) atoms. The van der Waals surface area contributed by atoms with Crippen LogP contribution in [-0.4, -0.2) is 56.3 Å². The van der Waals surface area contributed by atoms with E-state index < -0.39 is 28.5 Å². The molecule has 2 atom stereocenters. The second-order valence-corrected chi connectivity index (χ2v) is 11.2. The highest BCUT2D eigenvalue weighted by atomic mass is 35.5. The maximum absolute atomic E-state index is 13.7. The van der Waals surface area contributed by atoms with Crippen LogP contribution in [0.4, 0.5) is 5.69 Å². The van der Waals surface area contributed by atoms with Crippen molar-refractivity contribution in [3.63, 3.8) is 0 Å². The lowest BCUT2D eigenvalue weighted by molar-refractivity contribution is -0.139. The van der Waals surface area contributed by atoms with E-state index in [-0.39, 0.29) is 36.7 Å². The number of ether oxygens (including phenoxy) is 2. The molecule has 196 valence electrons. The van der Waals surface area contributed by atoms with Gasteiger partial charge >= 0.3 is 0 Å². The van der Waals surface area contributed by atoms with Crippen molar-refractivity contribution in [2.45, 2.75) is 52.7 Å². The number of amides is 2. The van der Waals surface area contributed by atoms with E-state index in [1.54, 1.807) is 43.3 Å². The first-order valence-electron chi connectivity index (χ1n) is 11.8. The van der Waals surface area contributed by atoms with Crippen molar-refractivity contribution in [2.24, 2.45) is 0 Å². The summed E-state index contributed by atoms with van der Waals surface area (Å²) < 4.78 is 37.8. The summed E-state index contributed by atoms with van der Waals surface area (Å²) in [6.45, 7) is 6.58. The number of halogens is 1. The fraction of sp³-hybridized carbons (Fsp3) is 0.440. The van der Waals surface area contributed by atoms with Gasteiger partial charge in [-0.05, 0) is 57.0 Å². The molecule has 2 aromatic rings. The number of benzene rings is 2. The largest absolute Gasteiger partial charge is 0.454 e. The first-order chi connectivity index (χ1) is 17.1. The zero-order chi connectivity index (χ0) is 26.5. The van der Waals surface area contributed by atoms with Crippen molar-refractivity contribution < 1.29 is 27.5 Å². The van der Waals surface area contributed by atoms with Crippen molar-refractivity contribution in [3.05, 3.63) is 53.1 Å². The number of carbonyl (C=O) groups is 2. The summed E-state index contributed by atoms with van der Waals surface area (Å²) in [7, 11) is -3.84. The van der Waals surface area contributed by atoms with Gasteiger partial charge in [-0.3, -0.25) is 13.9 Å². The summed E-state index contributed by atoms with van der Waals surface area (Å²) in [4.78, 5) is 28.0. The molecule has 1 aliphatic heterocycles. The molecule has 2 aromatic carbocycles. The standard InChI is InChI=1S/C25H32ClN3O6S/c1-5-17(3)27-25(31)18(4)28(14-19-8-7-9-20(26)12-19)24(30)15-29(36(32,33)6-2)21-10-11-22-23(13-21)35-16-34-22/h7-13,17-18H,5-6,14-16H2,1-4H3,(H,27,31)/t17-,18-/m0/s1. The Morgan fingerprint density at radius 3 is 2.47 bits per heavy atom. The van der Waals surface area contributed by atoms with Gasteiger partial charge in [-0.1, -0.05) is 30.7 Å². The number of hydrogen-bond acceptors (Lipinski definition) is 6. The Hall–Kier alpha value is -2.98. The van der Waals surface area contributed by atoms with E-state index in [0.717, 1.165) is 10.7 Å². The monoisotopic (exact) mass is 537 g/mol. The lowest BCUT2D eigenvalue weighted by Crippen LogP contribution is -2.52. The third-order valence-corrected chi connectivity index (χ3v) is 8.01. The van der Waals surface area contributed by atoms with Gasteiger partial charge in [-0.2, -0.15) is 0 Å². The molecule has 1 heterocycles. The number of fused-ring (bicyclic) bond motifs is 1. The highest BCUT2D eigenvalue weighted by Crippen LogP contribution is 2.36. The highest BCUT2D eigenvalue weighted by Gasteiger charge is 2.32. The summed E-state index contributed by atoms with van der Waals surface area (Å²) in [5.41, 5.74) is 0.987. The van der Waals surface area contributed by atoms with Crippen molar-refractivity contribution in [2.75, 3.05) is 23.4 Å². The molecule has 0 saturated heterocycles. The molecule has 0 bridgehead atoms. The minimum Gasteiger partial charge on any atom is -0.454 e. The second-order valence-electron chi connectivity index (χ2n) is 8.59. The van der Waals surface area contributed by atoms with Crippen molar-refractivity contribution in [1.29, 1.82) is 0 Å². The third-order valence-electron chi connectivity index (χ3n) is 6.03. The quantitative estimate of drug-likeness (QED) is 0.470. The SMILES string of the molecule is CC[C@H](C)NC(=O)[C@H](C)N(Cc1cccc(Cl)c1)C(=O)CN(c1ccc2c(c1)OCO2)S(=O)(=O)CC. The van der Waals surface area contributed by atoms with Gasteiger partial charge < -0.3 is 19.7 Å². The van der Waals surface area contributed by atoms with Gasteiger partial charge in [0.1, 0.15) is 12.6 Å². The Morgan fingerprint density at radius 2 is 1.81 bits per heavy atom. The molecule has 3 rings (SSSR count). The molecule has 1 aliphatic rings. The number of rotatable bonds is 11. The van der Waals surface area contributed by atoms with Gasteiger partial charge in [0.2, 0.25) is 28.6 Å². The number of sulfonamides is 1. The van der Waals surface area contributed by atoms with Gasteiger partial charge in [0.05, 0.1) is 11.4 Å². The molecule has 0 radical (unpaired) electrons. The molecule has 0 fully saturated rings. The van der Waals surface area contributed by atoms with Crippen LogP contribution in [0.25, 0.3) is 0 Å². The fourth-order valence-corrected chi connectivity index (χ4v) is 4.91. The first-order valence-corrected chi connectivity index (χ1v) is 13.8. The van der Waals surface area contributed by atoms with E-state index in [4.69, 9.17) is 21.1 Å². The molecule has 2 amide bonds. The Kier molecular flexibility index (Phi) is 9.08. The van der Waals surface area contributed by atoms with Crippen LogP contribution < -0.4 is 19.1 Å². The summed E-state index contributed by atoms with van der Waals surface area (Å²) >= 11 is 6.13. The Bertz CT molecular complexity index is 1210. The van der Waals surface area contributed by atoms with Crippen LogP contribution in [0.5, 0.6) is 11.5 Å². The van der Waals surface area contributed by atoms with Gasteiger partial charge in [-0.25, -0.2) is 8.42 Å². The van der Waals surface area contributed by atoms with E-state index in [2.05, 4.69) is 5.32 Å². The van der Waals surface area contributed by atoms with Gasteiger partial charge in [0.25, 0.3) is 0 Å². The molecule has 0 unspecified atom stereocenters. The molecule has 9 nitrogen and oxygen atoms in total. The number of carbonyl (C=O) groups excluding carboxylic acids is 2. The van der Waals surface area contributed by atoms with Crippen LogP contribution in [0.2, 0.25) is 5.02 Å². The van der Waals surface area contributed by atoms with Crippen LogP contribution in [-0.2, 0) is 26.2 Å². The summed E-state index contributed by atoms with van der Waals surface area (Å²) in [5.74, 6) is -0.179. The summed E-state index contributed by atoms with van der Waals surface area (Å²) in [6.07, 6.45) is 0.729. The van der Waals surface area contributed by atoms with Crippen LogP contribution >= 0.6 is 11.6 Å². The maximum Gasteiger partial charge on any atom is 0.244 e. The number of nitrogens with zero attached hydrogens (tertiary/aromatic N) is 2. The summed E-state index contributed by atoms with van der Waals surface area (Å²) in [5, 5.41) is 3.39. The molecular weight excluding hydrogens is 506 g/mol. The van der Waals surface area contributed by atoms with Crippen LogP contribution in [0.3, 0.4) is 0 Å². The summed E-state index contributed by atoms with van der Waals surface area (Å²) in [6, 6.07) is 10.7. The van der Waals surface area contributed by atoms with E-state index in [0.29, 0.717) is 22.1 Å². The smallest absolute Gasteiger partial charge is 0.244 e. The zero-order valence-corrected chi connectivity index (χ0v) is 22.4. The van der Waals surface area contributed by atoms with Crippen molar-refractivity contribution in [1.82, 2.24) is 10.2 Å². The molecule has 11 heteroatoms. The van der Waals surface area contributed by atoms with Gasteiger partial charge in [0, 0.05) is 23.7 Å². The lowest BCUT2D eigenvalue weighted by Gasteiger charge is -2.32. The second kappa shape index (κ2) is 11.8. The molecular formula is C25H32ClN3O6S. The third kappa shape index (κ3) is 6.61. The minimum absolute atomic E-state index is 0.0362. The van der Waals surface area contributed by atoms with E-state index >= 15 is 0 Å². The molecule has 1 N–H and O–H groups in total. The topological polar surface area (TPSA) is 105 Å². The first kappa shape index (κ1) is 27.6. The minimum atomic E-state index is -3.84. The van der Waals surface area contributed by atoms with Crippen LogP contribution in [0.15, 0.2) is 42.5 Å². The van der Waals surface area contributed by atoms with Gasteiger partial charge in [-0.15, -0.1) is 0 Å². The Labute approximate surface area is 217 Å². The predicted molar refractivity (Wildman–Crippen MR) is 139 cm³/mol. The van der Waals surface area contributed by atoms with Gasteiger partial charge in [0.15, 0.2) is 11.5 Å². The molecule has 0 saturated carbocycles.